The number of aryl methyl sites for hydroxylation is 2. The molecule has 5 heteroatoms. The van der Waals surface area contributed by atoms with Crippen LogP contribution >= 0.6 is 0 Å². The lowest BCUT2D eigenvalue weighted by molar-refractivity contribution is -0.165. The average molecular weight is 244 g/mol. The van der Waals surface area contributed by atoms with Crippen LogP contribution in [0.25, 0.3) is 5.76 Å². The number of hydrogen-bond donors (Lipinski definition) is 1. The molecule has 0 spiro atoms. The third-order valence-corrected chi connectivity index (χ3v) is 2.35. The molecule has 17 heavy (non-hydrogen) atoms. The van der Waals surface area contributed by atoms with E-state index in [1.807, 2.05) is 6.92 Å². The van der Waals surface area contributed by atoms with E-state index in [1.54, 1.807) is 13.0 Å². The Balaban J connectivity index is 3.04. The number of carbonyl (C=O) groups excluding carboxylic acids is 1. The summed E-state index contributed by atoms with van der Waals surface area (Å²) in [4.78, 5) is 10.6. The highest BCUT2D eigenvalue weighted by Crippen LogP contribution is 2.21. The van der Waals surface area contributed by atoms with E-state index in [-0.39, 0.29) is 11.6 Å². The first-order chi connectivity index (χ1) is 7.71. The molecule has 2 nitrogen and oxygen atoms in total. The number of alkyl halides is 3. The number of hydrogen-bond acceptors (Lipinski definition) is 2. The minimum atomic E-state index is -4.96. The summed E-state index contributed by atoms with van der Waals surface area (Å²) >= 11 is 0. The highest BCUT2D eigenvalue weighted by atomic mass is 19.4. The fourth-order valence-electron chi connectivity index (χ4n) is 1.19. The minimum Gasteiger partial charge on any atom is -0.507 e. The molecule has 1 aromatic carbocycles. The molecule has 0 aromatic heterocycles. The van der Waals surface area contributed by atoms with Gasteiger partial charge >= 0.3 is 6.18 Å². The van der Waals surface area contributed by atoms with Crippen LogP contribution in [0.2, 0.25) is 0 Å². The van der Waals surface area contributed by atoms with Gasteiger partial charge in [-0.25, -0.2) is 0 Å². The Bertz CT molecular complexity index is 473. The van der Waals surface area contributed by atoms with E-state index in [1.165, 1.54) is 12.1 Å². The van der Waals surface area contributed by atoms with E-state index < -0.39 is 17.7 Å². The van der Waals surface area contributed by atoms with Crippen molar-refractivity contribution in [3.05, 3.63) is 41.0 Å². The number of aliphatic hydroxyl groups is 1. The van der Waals surface area contributed by atoms with Gasteiger partial charge in [0.05, 0.1) is 0 Å². The van der Waals surface area contributed by atoms with E-state index in [2.05, 4.69) is 0 Å². The van der Waals surface area contributed by atoms with E-state index in [0.717, 1.165) is 11.1 Å². The molecule has 0 fully saturated rings. The second kappa shape index (κ2) is 4.61. The third-order valence-electron chi connectivity index (χ3n) is 2.35. The maximum Gasteiger partial charge on any atom is 0.454 e. The maximum atomic E-state index is 12.0. The summed E-state index contributed by atoms with van der Waals surface area (Å²) in [5.74, 6) is -2.76. The van der Waals surface area contributed by atoms with Crippen molar-refractivity contribution >= 4 is 11.5 Å². The second-order valence-corrected chi connectivity index (χ2v) is 3.69. The van der Waals surface area contributed by atoms with Gasteiger partial charge in [-0.05, 0) is 31.0 Å². The Hall–Kier alpha value is -1.78. The molecule has 0 bridgehead atoms. The van der Waals surface area contributed by atoms with Crippen LogP contribution in [-0.4, -0.2) is 17.1 Å². The van der Waals surface area contributed by atoms with Crippen molar-refractivity contribution in [2.45, 2.75) is 20.0 Å². The highest BCUT2D eigenvalue weighted by molar-refractivity contribution is 5.99. The van der Waals surface area contributed by atoms with Crippen LogP contribution in [0.4, 0.5) is 13.2 Å². The van der Waals surface area contributed by atoms with E-state index in [4.69, 9.17) is 0 Å². The molecule has 0 aliphatic carbocycles. The fourth-order valence-corrected chi connectivity index (χ4v) is 1.19. The van der Waals surface area contributed by atoms with Gasteiger partial charge < -0.3 is 5.11 Å². The summed E-state index contributed by atoms with van der Waals surface area (Å²) in [6.45, 7) is 3.60. The van der Waals surface area contributed by atoms with Gasteiger partial charge in [-0.1, -0.05) is 12.1 Å². The third kappa shape index (κ3) is 3.34. The highest BCUT2D eigenvalue weighted by Gasteiger charge is 2.36. The molecule has 0 unspecified atom stereocenters. The molecule has 1 N–H and O–H groups in total. The van der Waals surface area contributed by atoms with Crippen LogP contribution in [0.15, 0.2) is 24.3 Å². The molecule has 0 atom stereocenters. The van der Waals surface area contributed by atoms with Crippen molar-refractivity contribution in [2.24, 2.45) is 0 Å². The van der Waals surface area contributed by atoms with Crippen molar-refractivity contribution in [2.75, 3.05) is 0 Å². The topological polar surface area (TPSA) is 37.3 Å². The molecule has 0 amide bonds. The van der Waals surface area contributed by atoms with Gasteiger partial charge in [0.1, 0.15) is 5.76 Å². The van der Waals surface area contributed by atoms with Gasteiger partial charge in [-0.3, -0.25) is 4.79 Å². The summed E-state index contributed by atoms with van der Waals surface area (Å²) in [6, 6.07) is 4.63. The van der Waals surface area contributed by atoms with Crippen LogP contribution in [0.3, 0.4) is 0 Å². The lowest BCUT2D eigenvalue weighted by Gasteiger charge is -2.05. The SMILES string of the molecule is Cc1ccc(/C(O)=C/C(=O)C(F)(F)F)cc1C. The summed E-state index contributed by atoms with van der Waals surface area (Å²) in [7, 11) is 0. The Kier molecular flexibility index (Phi) is 3.60. The fraction of sp³-hybridized carbons (Fsp3) is 0.250. The molecule has 0 aliphatic rings. The van der Waals surface area contributed by atoms with Gasteiger partial charge in [0, 0.05) is 11.6 Å². The van der Waals surface area contributed by atoms with Crippen LogP contribution in [0.5, 0.6) is 0 Å². The first-order valence-corrected chi connectivity index (χ1v) is 4.81. The maximum absolute atomic E-state index is 12.0. The zero-order valence-corrected chi connectivity index (χ0v) is 9.30. The van der Waals surface area contributed by atoms with Crippen LogP contribution < -0.4 is 0 Å². The van der Waals surface area contributed by atoms with Crippen molar-refractivity contribution in [1.29, 1.82) is 0 Å². The number of benzene rings is 1. The number of allylic oxidation sites excluding steroid dienone is 1. The smallest absolute Gasteiger partial charge is 0.454 e. The molecule has 0 radical (unpaired) electrons. The normalized spacial score (nSPS) is 12.6. The van der Waals surface area contributed by atoms with Gasteiger partial charge in [0.2, 0.25) is 0 Å². The minimum absolute atomic E-state index is 0.185. The van der Waals surface area contributed by atoms with Crippen molar-refractivity contribution in [3.63, 3.8) is 0 Å². The summed E-state index contributed by atoms with van der Waals surface area (Å²) < 4.78 is 35.9. The van der Waals surface area contributed by atoms with Gasteiger partial charge in [-0.15, -0.1) is 0 Å². The molecule has 0 aliphatic heterocycles. The van der Waals surface area contributed by atoms with E-state index in [9.17, 15) is 23.1 Å². The zero-order chi connectivity index (χ0) is 13.2. The first kappa shape index (κ1) is 13.3. The number of ketones is 1. The predicted molar refractivity (Wildman–Crippen MR) is 57.6 cm³/mol. The zero-order valence-electron chi connectivity index (χ0n) is 9.30. The molecule has 0 saturated heterocycles. The molecular weight excluding hydrogens is 233 g/mol. The Morgan fingerprint density at radius 3 is 2.29 bits per heavy atom. The van der Waals surface area contributed by atoms with Crippen molar-refractivity contribution in [1.82, 2.24) is 0 Å². The lowest BCUT2D eigenvalue weighted by Crippen LogP contribution is -2.20. The standard InChI is InChI=1S/C12H11F3O2/c1-7-3-4-9(5-8(7)2)10(16)6-11(17)12(13,14)15/h3-6,16H,1-2H3/b10-6-. The molecule has 1 rings (SSSR count). The Labute approximate surface area is 96.4 Å². The average Bonchev–Trinajstić information content (AvgIpc) is 2.20. The summed E-state index contributed by atoms with van der Waals surface area (Å²) in [5.41, 5.74) is 1.95. The molecule has 0 heterocycles. The quantitative estimate of drug-likeness (QED) is 0.640. The Morgan fingerprint density at radius 1 is 1.24 bits per heavy atom. The predicted octanol–water partition coefficient (Wildman–Crippen LogP) is 3.33. The van der Waals surface area contributed by atoms with Crippen LogP contribution in [0, 0.1) is 13.8 Å². The van der Waals surface area contributed by atoms with Crippen LogP contribution in [-0.2, 0) is 4.79 Å². The molecule has 92 valence electrons. The monoisotopic (exact) mass is 244 g/mol. The lowest BCUT2D eigenvalue weighted by atomic mass is 10.0. The van der Waals surface area contributed by atoms with Crippen LogP contribution in [0.1, 0.15) is 16.7 Å². The van der Waals surface area contributed by atoms with Gasteiger partial charge in [0.15, 0.2) is 0 Å². The van der Waals surface area contributed by atoms with Crippen molar-refractivity contribution < 1.29 is 23.1 Å². The number of carbonyl (C=O) groups is 1. The van der Waals surface area contributed by atoms with Crippen molar-refractivity contribution in [3.8, 4) is 0 Å². The molecule has 0 saturated carbocycles. The van der Waals surface area contributed by atoms with E-state index in [0.29, 0.717) is 0 Å². The molecule has 1 aromatic rings. The largest absolute Gasteiger partial charge is 0.507 e. The van der Waals surface area contributed by atoms with E-state index >= 15 is 0 Å². The summed E-state index contributed by atoms with van der Waals surface area (Å²) in [5, 5.41) is 9.41. The number of halogens is 3. The number of rotatable bonds is 2. The first-order valence-electron chi connectivity index (χ1n) is 4.81. The number of aliphatic hydroxyl groups excluding tert-OH is 1. The second-order valence-electron chi connectivity index (χ2n) is 3.69. The van der Waals surface area contributed by atoms with Gasteiger partial charge in [-0.2, -0.15) is 13.2 Å². The molecular formula is C12H11F3O2. The van der Waals surface area contributed by atoms with Gasteiger partial charge in [0.25, 0.3) is 5.78 Å². The summed E-state index contributed by atoms with van der Waals surface area (Å²) in [6.07, 6.45) is -4.78. The Morgan fingerprint density at radius 2 is 1.82 bits per heavy atom.